The minimum atomic E-state index is 0.595. The lowest BCUT2D eigenvalue weighted by molar-refractivity contribution is 0.175. The van der Waals surface area contributed by atoms with Crippen LogP contribution in [0.5, 0.6) is 5.75 Å². The summed E-state index contributed by atoms with van der Waals surface area (Å²) >= 11 is 3.56. The quantitative estimate of drug-likeness (QED) is 0.904. The van der Waals surface area contributed by atoms with Crippen molar-refractivity contribution < 1.29 is 4.74 Å². The van der Waals surface area contributed by atoms with Crippen molar-refractivity contribution in [1.29, 1.82) is 0 Å². The fourth-order valence-electron chi connectivity index (χ4n) is 3.30. The standard InChI is InChI=1S/C14H18BrNO/c1-17-13-3-2-11(15)6-12(13)10-4-5-14(7-10)8-16-9-14/h2-3,6,10,16H,4-5,7-9H2,1H3. The van der Waals surface area contributed by atoms with Gasteiger partial charge in [0.1, 0.15) is 5.75 Å². The second-order valence-corrected chi connectivity index (χ2v) is 6.35. The molecule has 0 amide bonds. The van der Waals surface area contributed by atoms with E-state index >= 15 is 0 Å². The van der Waals surface area contributed by atoms with Crippen LogP contribution in [0.25, 0.3) is 0 Å². The van der Waals surface area contributed by atoms with Crippen LogP contribution in [-0.4, -0.2) is 20.2 Å². The molecule has 0 radical (unpaired) electrons. The normalized spacial score (nSPS) is 25.9. The largest absolute Gasteiger partial charge is 0.496 e. The van der Waals surface area contributed by atoms with Gasteiger partial charge in [0, 0.05) is 17.6 Å². The molecule has 1 unspecified atom stereocenters. The van der Waals surface area contributed by atoms with E-state index in [0.29, 0.717) is 11.3 Å². The summed E-state index contributed by atoms with van der Waals surface area (Å²) in [6.45, 7) is 2.42. The van der Waals surface area contributed by atoms with Gasteiger partial charge in [-0.3, -0.25) is 0 Å². The first-order chi connectivity index (χ1) is 8.22. The van der Waals surface area contributed by atoms with Crippen molar-refractivity contribution in [2.45, 2.75) is 25.2 Å². The van der Waals surface area contributed by atoms with Crippen molar-refractivity contribution in [3.63, 3.8) is 0 Å². The van der Waals surface area contributed by atoms with Gasteiger partial charge in [0.2, 0.25) is 0 Å². The minimum absolute atomic E-state index is 0.595. The summed E-state index contributed by atoms with van der Waals surface area (Å²) in [6, 6.07) is 6.36. The summed E-state index contributed by atoms with van der Waals surface area (Å²) in [5.74, 6) is 1.71. The average molecular weight is 296 g/mol. The van der Waals surface area contributed by atoms with Crippen LogP contribution in [0.4, 0.5) is 0 Å². The third kappa shape index (κ3) is 2.00. The van der Waals surface area contributed by atoms with Gasteiger partial charge in [0.15, 0.2) is 0 Å². The van der Waals surface area contributed by atoms with Crippen molar-refractivity contribution >= 4 is 15.9 Å². The Morgan fingerprint density at radius 1 is 1.41 bits per heavy atom. The third-order valence-corrected chi connectivity index (χ3v) is 4.83. The number of ether oxygens (including phenoxy) is 1. The fraction of sp³-hybridized carbons (Fsp3) is 0.571. The van der Waals surface area contributed by atoms with E-state index in [1.165, 1.54) is 37.9 Å². The second kappa shape index (κ2) is 4.29. The number of benzene rings is 1. The van der Waals surface area contributed by atoms with Crippen LogP contribution < -0.4 is 10.1 Å². The van der Waals surface area contributed by atoms with E-state index in [1.54, 1.807) is 7.11 Å². The van der Waals surface area contributed by atoms with Crippen LogP contribution in [0.15, 0.2) is 22.7 Å². The smallest absolute Gasteiger partial charge is 0.122 e. The topological polar surface area (TPSA) is 21.3 Å². The highest BCUT2D eigenvalue weighted by atomic mass is 79.9. The van der Waals surface area contributed by atoms with Crippen molar-refractivity contribution in [3.8, 4) is 5.75 Å². The van der Waals surface area contributed by atoms with E-state index in [0.717, 1.165) is 10.2 Å². The predicted octanol–water partition coefficient (Wildman–Crippen LogP) is 3.31. The van der Waals surface area contributed by atoms with Crippen molar-refractivity contribution in [2.75, 3.05) is 20.2 Å². The van der Waals surface area contributed by atoms with Crippen molar-refractivity contribution in [3.05, 3.63) is 28.2 Å². The van der Waals surface area contributed by atoms with Gasteiger partial charge < -0.3 is 10.1 Å². The molecular formula is C14H18BrNO. The van der Waals surface area contributed by atoms with Gasteiger partial charge in [-0.05, 0) is 54.4 Å². The van der Waals surface area contributed by atoms with Gasteiger partial charge >= 0.3 is 0 Å². The molecule has 2 aliphatic rings. The number of nitrogens with one attached hydrogen (secondary N) is 1. The zero-order chi connectivity index (χ0) is 11.9. The molecule has 0 bridgehead atoms. The molecule has 2 nitrogen and oxygen atoms in total. The van der Waals surface area contributed by atoms with Crippen LogP contribution in [0, 0.1) is 5.41 Å². The Bertz CT molecular complexity index is 428. The number of hydrogen-bond donors (Lipinski definition) is 1. The summed E-state index contributed by atoms with van der Waals surface area (Å²) in [5.41, 5.74) is 1.98. The Morgan fingerprint density at radius 2 is 2.24 bits per heavy atom. The molecule has 1 saturated heterocycles. The zero-order valence-electron chi connectivity index (χ0n) is 10.1. The molecule has 1 saturated carbocycles. The summed E-state index contributed by atoms with van der Waals surface area (Å²) in [4.78, 5) is 0. The number of halogens is 1. The fourth-order valence-corrected chi connectivity index (χ4v) is 3.68. The lowest BCUT2D eigenvalue weighted by Crippen LogP contribution is -2.51. The molecule has 3 heteroatoms. The van der Waals surface area contributed by atoms with Gasteiger partial charge in [-0.1, -0.05) is 15.9 Å². The van der Waals surface area contributed by atoms with E-state index < -0.39 is 0 Å². The number of methoxy groups -OCH3 is 1. The summed E-state index contributed by atoms with van der Waals surface area (Å²) in [7, 11) is 1.77. The molecule has 2 fully saturated rings. The average Bonchev–Trinajstić information content (AvgIpc) is 2.73. The van der Waals surface area contributed by atoms with Crippen LogP contribution in [0.3, 0.4) is 0 Å². The Balaban J connectivity index is 1.86. The van der Waals surface area contributed by atoms with Crippen molar-refractivity contribution in [2.24, 2.45) is 5.41 Å². The lowest BCUT2D eigenvalue weighted by Gasteiger charge is -2.39. The zero-order valence-corrected chi connectivity index (χ0v) is 11.7. The summed E-state index contributed by atoms with van der Waals surface area (Å²) in [5, 5.41) is 3.42. The molecule has 1 N–H and O–H groups in total. The second-order valence-electron chi connectivity index (χ2n) is 5.43. The first kappa shape index (κ1) is 11.5. The lowest BCUT2D eigenvalue weighted by atomic mass is 9.79. The Kier molecular flexibility index (Phi) is 2.91. The summed E-state index contributed by atoms with van der Waals surface area (Å²) < 4.78 is 6.65. The minimum Gasteiger partial charge on any atom is -0.496 e. The third-order valence-electron chi connectivity index (χ3n) is 4.33. The molecule has 1 aromatic carbocycles. The Morgan fingerprint density at radius 3 is 2.82 bits per heavy atom. The molecule has 1 aromatic rings. The van der Waals surface area contributed by atoms with E-state index in [2.05, 4.69) is 39.4 Å². The van der Waals surface area contributed by atoms with E-state index in [1.807, 2.05) is 0 Å². The first-order valence-corrected chi connectivity index (χ1v) is 7.06. The van der Waals surface area contributed by atoms with E-state index in [4.69, 9.17) is 4.74 Å². The van der Waals surface area contributed by atoms with Crippen LogP contribution in [0.2, 0.25) is 0 Å². The molecular weight excluding hydrogens is 278 g/mol. The highest BCUT2D eigenvalue weighted by Gasteiger charge is 2.44. The monoisotopic (exact) mass is 295 g/mol. The molecule has 0 aromatic heterocycles. The maximum Gasteiger partial charge on any atom is 0.122 e. The Labute approximate surface area is 111 Å². The van der Waals surface area contributed by atoms with E-state index in [-0.39, 0.29) is 0 Å². The molecule has 1 aliphatic heterocycles. The van der Waals surface area contributed by atoms with Crippen LogP contribution in [0.1, 0.15) is 30.7 Å². The molecule has 3 rings (SSSR count). The highest BCUT2D eigenvalue weighted by Crippen LogP contribution is 2.50. The van der Waals surface area contributed by atoms with E-state index in [9.17, 15) is 0 Å². The maximum absolute atomic E-state index is 5.50. The maximum atomic E-state index is 5.50. The molecule has 92 valence electrons. The predicted molar refractivity (Wildman–Crippen MR) is 72.6 cm³/mol. The molecule has 1 heterocycles. The summed E-state index contributed by atoms with van der Waals surface area (Å²) in [6.07, 6.45) is 3.97. The molecule has 17 heavy (non-hydrogen) atoms. The molecule has 1 spiro atoms. The Hall–Kier alpha value is -0.540. The molecule has 1 atom stereocenters. The van der Waals surface area contributed by atoms with Gasteiger partial charge in [-0.2, -0.15) is 0 Å². The van der Waals surface area contributed by atoms with Gasteiger partial charge in [-0.25, -0.2) is 0 Å². The van der Waals surface area contributed by atoms with Gasteiger partial charge in [0.05, 0.1) is 7.11 Å². The van der Waals surface area contributed by atoms with Gasteiger partial charge in [-0.15, -0.1) is 0 Å². The number of hydrogen-bond acceptors (Lipinski definition) is 2. The SMILES string of the molecule is COc1ccc(Br)cc1C1CCC2(CNC2)C1. The van der Waals surface area contributed by atoms with Crippen LogP contribution >= 0.6 is 15.9 Å². The highest BCUT2D eigenvalue weighted by molar-refractivity contribution is 9.10. The van der Waals surface area contributed by atoms with Crippen LogP contribution in [-0.2, 0) is 0 Å². The first-order valence-electron chi connectivity index (χ1n) is 6.27. The number of rotatable bonds is 2. The molecule has 1 aliphatic carbocycles. The van der Waals surface area contributed by atoms with Gasteiger partial charge in [0.25, 0.3) is 0 Å². The van der Waals surface area contributed by atoms with Crippen molar-refractivity contribution in [1.82, 2.24) is 5.32 Å².